The first-order valence-electron chi connectivity index (χ1n) is 14.8. The molecule has 3 rings (SSSR count). The second kappa shape index (κ2) is 13.4. The van der Waals surface area contributed by atoms with Gasteiger partial charge in [-0.25, -0.2) is 9.48 Å². The van der Waals surface area contributed by atoms with E-state index < -0.39 is 0 Å². The topological polar surface area (TPSA) is 79.3 Å². The third-order valence-electron chi connectivity index (χ3n) is 7.19. The van der Waals surface area contributed by atoms with Crippen molar-refractivity contribution in [1.29, 1.82) is 0 Å². The maximum atomic E-state index is 13.7. The first-order valence-corrected chi connectivity index (χ1v) is 14.8. The van der Waals surface area contributed by atoms with Gasteiger partial charge in [-0.2, -0.15) is 5.10 Å². The maximum Gasteiger partial charge on any atom is 0.322 e. The number of amides is 3. The molecule has 0 unspecified atom stereocenters. The predicted octanol–water partition coefficient (Wildman–Crippen LogP) is 8.24. The van der Waals surface area contributed by atoms with Gasteiger partial charge in [-0.05, 0) is 59.9 Å². The molecule has 3 aromatic rings. The molecule has 0 aliphatic heterocycles. The summed E-state index contributed by atoms with van der Waals surface area (Å²) in [6, 6.07) is 15.9. The van der Waals surface area contributed by atoms with Gasteiger partial charge in [0.2, 0.25) is 5.91 Å². The van der Waals surface area contributed by atoms with Crippen LogP contribution in [0, 0.1) is 12.8 Å². The van der Waals surface area contributed by atoms with Gasteiger partial charge in [0.15, 0.2) is 0 Å². The number of anilines is 2. The minimum absolute atomic E-state index is 0.0662. The van der Waals surface area contributed by atoms with Crippen LogP contribution < -0.4 is 10.6 Å². The summed E-state index contributed by atoms with van der Waals surface area (Å²) in [6.07, 6.45) is 0.791. The van der Waals surface area contributed by atoms with Crippen LogP contribution in [0.5, 0.6) is 0 Å². The third kappa shape index (κ3) is 8.44. The molecule has 0 fully saturated rings. The van der Waals surface area contributed by atoms with Crippen molar-refractivity contribution in [3.05, 3.63) is 70.9 Å². The maximum absolute atomic E-state index is 13.7. The minimum Gasteiger partial charge on any atom is -0.315 e. The number of urea groups is 1. The number of carbonyl (C=O) groups excluding carboxylic acids is 2. The molecule has 3 amide bonds. The molecule has 0 aliphatic carbocycles. The Morgan fingerprint density at radius 1 is 0.902 bits per heavy atom. The fraction of sp³-hybridized carbons (Fsp3) is 0.500. The second-order valence-corrected chi connectivity index (χ2v) is 13.1. The quantitative estimate of drug-likeness (QED) is 0.262. The molecule has 7 heteroatoms. The normalized spacial score (nSPS) is 11.8. The van der Waals surface area contributed by atoms with E-state index in [1.165, 1.54) is 0 Å². The zero-order chi connectivity index (χ0) is 30.5. The van der Waals surface area contributed by atoms with Crippen LogP contribution in [-0.4, -0.2) is 39.7 Å². The summed E-state index contributed by atoms with van der Waals surface area (Å²) in [5, 5.41) is 11.1. The van der Waals surface area contributed by atoms with Gasteiger partial charge in [0.25, 0.3) is 0 Å². The van der Waals surface area contributed by atoms with Crippen molar-refractivity contribution in [2.24, 2.45) is 5.92 Å². The van der Waals surface area contributed by atoms with Gasteiger partial charge in [0.05, 0.1) is 11.4 Å². The predicted molar refractivity (Wildman–Crippen MR) is 170 cm³/mol. The summed E-state index contributed by atoms with van der Waals surface area (Å²) in [6.45, 7) is 21.5. The number of nitrogens with one attached hydrogen (secondary N) is 2. The minimum atomic E-state index is -0.265. The Labute approximate surface area is 246 Å². The SMILES string of the molecule is Cc1cccc(-n2nc(C(C)(C)C)cc2NC(=O)CN(CCC(C)C)C(=O)Nc2c(C(C)C)cccc2C(C)C)c1. The average Bonchev–Trinajstić information content (AvgIpc) is 3.30. The van der Waals surface area contributed by atoms with Crippen LogP contribution in [0.1, 0.15) is 103 Å². The molecule has 222 valence electrons. The van der Waals surface area contributed by atoms with Gasteiger partial charge < -0.3 is 15.5 Å². The van der Waals surface area contributed by atoms with Gasteiger partial charge in [-0.3, -0.25) is 4.79 Å². The fourth-order valence-corrected chi connectivity index (χ4v) is 4.70. The van der Waals surface area contributed by atoms with E-state index in [0.717, 1.165) is 40.2 Å². The molecule has 2 aromatic carbocycles. The Balaban J connectivity index is 1.90. The molecule has 0 bridgehead atoms. The van der Waals surface area contributed by atoms with Crippen LogP contribution in [0.25, 0.3) is 5.69 Å². The zero-order valence-corrected chi connectivity index (χ0v) is 26.6. The highest BCUT2D eigenvalue weighted by Crippen LogP contribution is 2.33. The molecule has 2 N–H and O–H groups in total. The Bertz CT molecular complexity index is 1320. The summed E-state index contributed by atoms with van der Waals surface area (Å²) in [4.78, 5) is 28.9. The van der Waals surface area contributed by atoms with Crippen molar-refractivity contribution in [3.63, 3.8) is 0 Å². The number of aromatic nitrogens is 2. The first-order chi connectivity index (χ1) is 19.2. The average molecular weight is 560 g/mol. The molecular weight excluding hydrogens is 510 g/mol. The molecule has 0 spiro atoms. The lowest BCUT2D eigenvalue weighted by Gasteiger charge is -2.26. The Kier molecular flexibility index (Phi) is 10.4. The van der Waals surface area contributed by atoms with Gasteiger partial charge >= 0.3 is 6.03 Å². The lowest BCUT2D eigenvalue weighted by molar-refractivity contribution is -0.116. The lowest BCUT2D eigenvalue weighted by Crippen LogP contribution is -2.42. The van der Waals surface area contributed by atoms with Gasteiger partial charge in [-0.15, -0.1) is 0 Å². The number of hydrogen-bond acceptors (Lipinski definition) is 3. The van der Waals surface area contributed by atoms with Crippen LogP contribution in [0.3, 0.4) is 0 Å². The number of hydrogen-bond donors (Lipinski definition) is 2. The standard InChI is InChI=1S/C34H49N5O2/c1-22(2)17-18-38(33(41)36-32-27(23(3)4)15-12-16-28(32)24(5)6)21-31(40)35-30-20-29(34(8,9)10)37-39(30)26-14-11-13-25(7)19-26/h11-16,19-20,22-24H,17-18,21H2,1-10H3,(H,35,40)(H,36,41). The summed E-state index contributed by atoms with van der Waals surface area (Å²) in [7, 11) is 0. The molecule has 7 nitrogen and oxygen atoms in total. The Morgan fingerprint density at radius 3 is 2.05 bits per heavy atom. The monoisotopic (exact) mass is 559 g/mol. The number of para-hydroxylation sites is 1. The van der Waals surface area contributed by atoms with E-state index in [2.05, 4.69) is 85.1 Å². The molecule has 0 saturated heterocycles. The van der Waals surface area contributed by atoms with Crippen molar-refractivity contribution in [2.45, 2.75) is 92.9 Å². The van der Waals surface area contributed by atoms with E-state index in [1.54, 1.807) is 9.58 Å². The highest BCUT2D eigenvalue weighted by molar-refractivity contribution is 5.97. The Hall–Kier alpha value is -3.61. The van der Waals surface area contributed by atoms with Crippen molar-refractivity contribution < 1.29 is 9.59 Å². The van der Waals surface area contributed by atoms with Crippen molar-refractivity contribution in [2.75, 3.05) is 23.7 Å². The van der Waals surface area contributed by atoms with Crippen molar-refractivity contribution in [3.8, 4) is 5.69 Å². The highest BCUT2D eigenvalue weighted by Gasteiger charge is 2.25. The highest BCUT2D eigenvalue weighted by atomic mass is 16.2. The first kappa shape index (κ1) is 31.9. The van der Waals surface area contributed by atoms with Crippen LogP contribution in [0.4, 0.5) is 16.3 Å². The van der Waals surface area contributed by atoms with Gasteiger partial charge in [-0.1, -0.05) is 92.6 Å². The summed E-state index contributed by atoms with van der Waals surface area (Å²) in [5.41, 5.74) is 5.68. The van der Waals surface area contributed by atoms with Crippen molar-refractivity contribution >= 4 is 23.4 Å². The van der Waals surface area contributed by atoms with E-state index in [1.807, 2.05) is 43.3 Å². The summed E-state index contributed by atoms with van der Waals surface area (Å²) >= 11 is 0. The smallest absolute Gasteiger partial charge is 0.315 e. The molecule has 1 heterocycles. The van der Waals surface area contributed by atoms with E-state index in [0.29, 0.717) is 18.3 Å². The number of benzene rings is 2. The van der Waals surface area contributed by atoms with Gasteiger partial charge in [0.1, 0.15) is 12.4 Å². The van der Waals surface area contributed by atoms with Crippen LogP contribution in [0.2, 0.25) is 0 Å². The molecular formula is C34H49N5O2. The van der Waals surface area contributed by atoms with E-state index in [9.17, 15) is 9.59 Å². The Morgan fingerprint density at radius 2 is 1.51 bits per heavy atom. The van der Waals surface area contributed by atoms with Crippen LogP contribution in [0.15, 0.2) is 48.5 Å². The number of carbonyl (C=O) groups is 2. The molecule has 0 aliphatic rings. The van der Waals surface area contributed by atoms with Crippen molar-refractivity contribution in [1.82, 2.24) is 14.7 Å². The van der Waals surface area contributed by atoms with E-state index in [4.69, 9.17) is 5.10 Å². The summed E-state index contributed by atoms with van der Waals surface area (Å²) in [5.74, 6) is 1.20. The van der Waals surface area contributed by atoms with E-state index >= 15 is 0 Å². The zero-order valence-electron chi connectivity index (χ0n) is 26.6. The lowest BCUT2D eigenvalue weighted by atomic mass is 9.92. The number of aryl methyl sites for hydroxylation is 1. The van der Waals surface area contributed by atoms with E-state index in [-0.39, 0.29) is 35.7 Å². The second-order valence-electron chi connectivity index (χ2n) is 13.1. The van der Waals surface area contributed by atoms with Gasteiger partial charge in [0, 0.05) is 23.7 Å². The molecule has 1 aromatic heterocycles. The summed E-state index contributed by atoms with van der Waals surface area (Å²) < 4.78 is 1.78. The number of rotatable bonds is 10. The largest absolute Gasteiger partial charge is 0.322 e. The molecule has 0 atom stereocenters. The third-order valence-corrected chi connectivity index (χ3v) is 7.19. The van der Waals surface area contributed by atoms with Crippen LogP contribution >= 0.6 is 0 Å². The molecule has 0 radical (unpaired) electrons. The van der Waals surface area contributed by atoms with Crippen LogP contribution in [-0.2, 0) is 10.2 Å². The molecule has 0 saturated carbocycles. The number of nitrogens with zero attached hydrogens (tertiary/aromatic N) is 3. The molecule has 41 heavy (non-hydrogen) atoms. The fourth-order valence-electron chi connectivity index (χ4n) is 4.70.